The zero-order valence-electron chi connectivity index (χ0n) is 15.7. The summed E-state index contributed by atoms with van der Waals surface area (Å²) in [4.78, 5) is 14.1. The number of benzene rings is 1. The van der Waals surface area contributed by atoms with Crippen LogP contribution >= 0.6 is 0 Å². The fourth-order valence-corrected chi connectivity index (χ4v) is 3.38. The van der Waals surface area contributed by atoms with Crippen LogP contribution in [0.4, 0.5) is 17.6 Å². The summed E-state index contributed by atoms with van der Waals surface area (Å²) in [6.07, 6.45) is -4.85. The first-order valence-electron chi connectivity index (χ1n) is 8.74. The van der Waals surface area contributed by atoms with Gasteiger partial charge in [-0.15, -0.1) is 10.2 Å². The van der Waals surface area contributed by atoms with Gasteiger partial charge in [-0.05, 0) is 32.4 Å². The van der Waals surface area contributed by atoms with E-state index < -0.39 is 29.3 Å². The Labute approximate surface area is 159 Å². The van der Waals surface area contributed by atoms with Crippen LogP contribution in [0.15, 0.2) is 18.2 Å². The fourth-order valence-electron chi connectivity index (χ4n) is 3.38. The number of hydrogen-bond donors (Lipinski definition) is 0. The summed E-state index contributed by atoms with van der Waals surface area (Å²) >= 11 is 0. The molecule has 1 amide bonds. The number of halogens is 4. The Kier molecular flexibility index (Phi) is 5.07. The Morgan fingerprint density at radius 1 is 1.29 bits per heavy atom. The highest BCUT2D eigenvalue weighted by molar-refractivity contribution is 5.79. The zero-order chi connectivity index (χ0) is 20.7. The van der Waals surface area contributed by atoms with Crippen molar-refractivity contribution in [2.24, 2.45) is 0 Å². The molecule has 0 saturated heterocycles. The first-order valence-corrected chi connectivity index (χ1v) is 8.74. The summed E-state index contributed by atoms with van der Waals surface area (Å²) in [5.74, 6) is -1.65. The maximum absolute atomic E-state index is 14.2. The third-order valence-electron chi connectivity index (χ3n) is 4.53. The van der Waals surface area contributed by atoms with Crippen LogP contribution in [0.1, 0.15) is 38.0 Å². The van der Waals surface area contributed by atoms with E-state index in [0.717, 1.165) is 4.57 Å². The Morgan fingerprint density at radius 3 is 2.61 bits per heavy atom. The van der Waals surface area contributed by atoms with Crippen molar-refractivity contribution in [2.75, 3.05) is 13.2 Å². The Balaban J connectivity index is 1.81. The summed E-state index contributed by atoms with van der Waals surface area (Å²) in [5.41, 5.74) is -0.871. The van der Waals surface area contributed by atoms with Crippen LogP contribution in [0.25, 0.3) is 0 Å². The molecule has 1 aliphatic heterocycles. The Hall–Kier alpha value is -2.65. The molecule has 3 rings (SSSR count). The second-order valence-electron chi connectivity index (χ2n) is 7.20. The van der Waals surface area contributed by atoms with E-state index in [2.05, 4.69) is 10.2 Å². The molecular formula is C18H20F4N4O2. The van der Waals surface area contributed by atoms with E-state index in [1.807, 2.05) is 0 Å². The standard InChI is InChI=1S/C18H20F4N4O2/c1-4-28-12-6-5-11(13(19)8-12)7-15(27)25-9-14-23-24-16(18(20,21)22)26(14)17(2,3)10-25/h5-6,8H,4,7,9-10H2,1-3H3. The number of carbonyl (C=O) groups is 1. The number of alkyl halides is 3. The molecule has 0 unspecified atom stereocenters. The van der Waals surface area contributed by atoms with Crippen molar-refractivity contribution in [1.29, 1.82) is 0 Å². The Morgan fingerprint density at radius 2 is 2.00 bits per heavy atom. The van der Waals surface area contributed by atoms with Gasteiger partial charge in [-0.2, -0.15) is 13.2 Å². The molecule has 0 radical (unpaired) electrons. The molecule has 152 valence electrons. The van der Waals surface area contributed by atoms with Crippen LogP contribution < -0.4 is 4.74 Å². The van der Waals surface area contributed by atoms with Gasteiger partial charge in [-0.3, -0.25) is 9.36 Å². The molecule has 0 atom stereocenters. The average molecular weight is 400 g/mol. The minimum atomic E-state index is -4.64. The summed E-state index contributed by atoms with van der Waals surface area (Å²) in [6, 6.07) is 4.25. The molecule has 0 N–H and O–H groups in total. The van der Waals surface area contributed by atoms with E-state index in [1.54, 1.807) is 26.8 Å². The molecule has 2 aromatic rings. The lowest BCUT2D eigenvalue weighted by Crippen LogP contribution is -2.50. The molecule has 2 heterocycles. The fraction of sp³-hybridized carbons (Fsp3) is 0.500. The summed E-state index contributed by atoms with van der Waals surface area (Å²) in [6.45, 7) is 5.22. The molecule has 0 bridgehead atoms. The van der Waals surface area contributed by atoms with E-state index in [-0.39, 0.29) is 30.9 Å². The van der Waals surface area contributed by atoms with E-state index in [4.69, 9.17) is 4.74 Å². The summed E-state index contributed by atoms with van der Waals surface area (Å²) < 4.78 is 60.0. The average Bonchev–Trinajstić information content (AvgIpc) is 3.02. The van der Waals surface area contributed by atoms with Crippen molar-refractivity contribution in [2.45, 2.75) is 45.5 Å². The largest absolute Gasteiger partial charge is 0.494 e. The Bertz CT molecular complexity index is 892. The van der Waals surface area contributed by atoms with Crippen LogP contribution in [0.2, 0.25) is 0 Å². The minimum absolute atomic E-state index is 0.0264. The highest BCUT2D eigenvalue weighted by Gasteiger charge is 2.45. The number of amides is 1. The summed E-state index contributed by atoms with van der Waals surface area (Å²) in [5, 5.41) is 6.88. The van der Waals surface area contributed by atoms with E-state index >= 15 is 0 Å². The number of aromatic nitrogens is 3. The quantitative estimate of drug-likeness (QED) is 0.740. The maximum atomic E-state index is 14.2. The van der Waals surface area contributed by atoms with Gasteiger partial charge in [0.2, 0.25) is 11.7 Å². The summed E-state index contributed by atoms with van der Waals surface area (Å²) in [7, 11) is 0. The number of nitrogens with zero attached hydrogens (tertiary/aromatic N) is 4. The van der Waals surface area contributed by atoms with Gasteiger partial charge in [0.1, 0.15) is 11.6 Å². The highest BCUT2D eigenvalue weighted by atomic mass is 19.4. The molecule has 0 aliphatic carbocycles. The predicted molar refractivity (Wildman–Crippen MR) is 91.0 cm³/mol. The number of hydrogen-bond acceptors (Lipinski definition) is 4. The first kappa shape index (κ1) is 20.1. The molecule has 0 spiro atoms. The van der Waals surface area contributed by atoms with Gasteiger partial charge in [0.15, 0.2) is 5.82 Å². The second-order valence-corrected chi connectivity index (χ2v) is 7.20. The van der Waals surface area contributed by atoms with Crippen molar-refractivity contribution in [3.05, 3.63) is 41.2 Å². The molecule has 1 aromatic heterocycles. The number of fused-ring (bicyclic) bond motifs is 1. The van der Waals surface area contributed by atoms with Gasteiger partial charge < -0.3 is 9.64 Å². The van der Waals surface area contributed by atoms with Crippen molar-refractivity contribution < 1.29 is 27.1 Å². The van der Waals surface area contributed by atoms with Gasteiger partial charge in [-0.1, -0.05) is 6.07 Å². The van der Waals surface area contributed by atoms with Gasteiger partial charge in [0, 0.05) is 12.6 Å². The molecular weight excluding hydrogens is 380 g/mol. The van der Waals surface area contributed by atoms with Gasteiger partial charge in [0.05, 0.1) is 25.1 Å². The topological polar surface area (TPSA) is 60.2 Å². The SMILES string of the molecule is CCOc1ccc(CC(=O)N2Cc3nnc(C(F)(F)F)n3C(C)(C)C2)c(F)c1. The molecule has 1 aromatic carbocycles. The van der Waals surface area contributed by atoms with Crippen molar-refractivity contribution in [3.8, 4) is 5.75 Å². The first-order chi connectivity index (χ1) is 13.0. The normalized spacial score (nSPS) is 16.0. The molecule has 6 nitrogen and oxygen atoms in total. The van der Waals surface area contributed by atoms with E-state index in [9.17, 15) is 22.4 Å². The molecule has 0 saturated carbocycles. The van der Waals surface area contributed by atoms with Gasteiger partial charge in [-0.25, -0.2) is 4.39 Å². The molecule has 1 aliphatic rings. The van der Waals surface area contributed by atoms with E-state index in [1.165, 1.54) is 17.0 Å². The van der Waals surface area contributed by atoms with Crippen molar-refractivity contribution in [3.63, 3.8) is 0 Å². The number of rotatable bonds is 4. The molecule has 0 fully saturated rings. The zero-order valence-corrected chi connectivity index (χ0v) is 15.7. The number of carbonyl (C=O) groups excluding carboxylic acids is 1. The highest BCUT2D eigenvalue weighted by Crippen LogP contribution is 2.35. The predicted octanol–water partition coefficient (Wildman–Crippen LogP) is 3.15. The van der Waals surface area contributed by atoms with Crippen LogP contribution in [0.5, 0.6) is 5.75 Å². The van der Waals surface area contributed by atoms with E-state index in [0.29, 0.717) is 12.4 Å². The van der Waals surface area contributed by atoms with Gasteiger partial charge >= 0.3 is 6.18 Å². The molecule has 28 heavy (non-hydrogen) atoms. The third-order valence-corrected chi connectivity index (χ3v) is 4.53. The van der Waals surface area contributed by atoms with Crippen LogP contribution in [0.3, 0.4) is 0 Å². The van der Waals surface area contributed by atoms with Crippen LogP contribution in [-0.4, -0.2) is 38.7 Å². The van der Waals surface area contributed by atoms with Gasteiger partial charge in [0.25, 0.3) is 0 Å². The minimum Gasteiger partial charge on any atom is -0.494 e. The lowest BCUT2D eigenvalue weighted by Gasteiger charge is -2.40. The molecule has 10 heteroatoms. The van der Waals surface area contributed by atoms with Crippen LogP contribution in [-0.2, 0) is 29.5 Å². The van der Waals surface area contributed by atoms with Crippen molar-refractivity contribution >= 4 is 5.91 Å². The van der Waals surface area contributed by atoms with Crippen LogP contribution in [0, 0.1) is 5.82 Å². The smallest absolute Gasteiger partial charge is 0.451 e. The monoisotopic (exact) mass is 400 g/mol. The van der Waals surface area contributed by atoms with Crippen molar-refractivity contribution in [1.82, 2.24) is 19.7 Å². The lowest BCUT2D eigenvalue weighted by molar-refractivity contribution is -0.151. The lowest BCUT2D eigenvalue weighted by atomic mass is 10.00. The maximum Gasteiger partial charge on any atom is 0.451 e. The third kappa shape index (κ3) is 3.81. The second kappa shape index (κ2) is 7.06. The number of ether oxygens (including phenoxy) is 1.